The third-order valence-electron chi connectivity index (χ3n) is 4.69. The van der Waals surface area contributed by atoms with Gasteiger partial charge in [0.25, 0.3) is 0 Å². The van der Waals surface area contributed by atoms with E-state index in [1.54, 1.807) is 25.6 Å². The van der Waals surface area contributed by atoms with Gasteiger partial charge in [0.1, 0.15) is 6.07 Å². The molecule has 0 atom stereocenters. The van der Waals surface area contributed by atoms with Crippen molar-refractivity contribution >= 4 is 21.8 Å². The SMILES string of the molecule is CCc1c(C#N)c(-c2ccc(SCCNS(=O)(=O)C(C)C)cc2)c(C)n1C. The van der Waals surface area contributed by atoms with E-state index in [0.29, 0.717) is 12.3 Å². The second-order valence-electron chi connectivity index (χ2n) is 6.67. The number of thioether (sulfide) groups is 1. The third kappa shape index (κ3) is 4.75. The molecular weight excluding hydrogens is 378 g/mol. The summed E-state index contributed by atoms with van der Waals surface area (Å²) in [7, 11) is -1.21. The van der Waals surface area contributed by atoms with Crippen molar-refractivity contribution in [2.75, 3.05) is 12.3 Å². The summed E-state index contributed by atoms with van der Waals surface area (Å²) in [6.07, 6.45) is 0.820. The van der Waals surface area contributed by atoms with E-state index in [1.165, 1.54) is 0 Å². The largest absolute Gasteiger partial charge is 0.350 e. The number of sulfonamides is 1. The molecule has 0 aliphatic carbocycles. The highest BCUT2D eigenvalue weighted by atomic mass is 32.2. The Balaban J connectivity index is 2.10. The van der Waals surface area contributed by atoms with Crippen LogP contribution in [0.2, 0.25) is 0 Å². The lowest BCUT2D eigenvalue weighted by Gasteiger charge is -2.09. The van der Waals surface area contributed by atoms with E-state index in [4.69, 9.17) is 0 Å². The van der Waals surface area contributed by atoms with Gasteiger partial charge in [0.05, 0.1) is 10.8 Å². The van der Waals surface area contributed by atoms with Gasteiger partial charge in [0, 0.05) is 41.2 Å². The van der Waals surface area contributed by atoms with Gasteiger partial charge in [-0.3, -0.25) is 0 Å². The molecule has 0 aliphatic heterocycles. The molecule has 1 N–H and O–H groups in total. The number of benzene rings is 1. The average Bonchev–Trinajstić information content (AvgIpc) is 2.89. The molecule has 146 valence electrons. The summed E-state index contributed by atoms with van der Waals surface area (Å²) < 4.78 is 28.2. The van der Waals surface area contributed by atoms with Crippen molar-refractivity contribution < 1.29 is 8.42 Å². The molecule has 0 bridgehead atoms. The summed E-state index contributed by atoms with van der Waals surface area (Å²) in [5, 5.41) is 9.19. The van der Waals surface area contributed by atoms with E-state index in [1.807, 2.05) is 38.2 Å². The van der Waals surface area contributed by atoms with Crippen molar-refractivity contribution in [3.05, 3.63) is 41.2 Å². The number of hydrogen-bond acceptors (Lipinski definition) is 4. The maximum absolute atomic E-state index is 11.7. The van der Waals surface area contributed by atoms with Gasteiger partial charge >= 0.3 is 0 Å². The molecule has 0 unspecified atom stereocenters. The van der Waals surface area contributed by atoms with Crippen LogP contribution in [0.4, 0.5) is 0 Å². The van der Waals surface area contributed by atoms with Crippen LogP contribution in [0.15, 0.2) is 29.2 Å². The number of rotatable bonds is 8. The highest BCUT2D eigenvalue weighted by molar-refractivity contribution is 7.99. The summed E-state index contributed by atoms with van der Waals surface area (Å²) in [6, 6.07) is 10.5. The lowest BCUT2D eigenvalue weighted by molar-refractivity contribution is 0.575. The normalized spacial score (nSPS) is 11.7. The Labute approximate surface area is 166 Å². The van der Waals surface area contributed by atoms with E-state index in [9.17, 15) is 13.7 Å². The molecule has 0 aliphatic rings. The maximum atomic E-state index is 11.7. The lowest BCUT2D eigenvalue weighted by Crippen LogP contribution is -2.32. The van der Waals surface area contributed by atoms with E-state index in [2.05, 4.69) is 22.3 Å². The second-order valence-corrected chi connectivity index (χ2v) is 10.2. The first-order chi connectivity index (χ1) is 12.7. The van der Waals surface area contributed by atoms with Crippen molar-refractivity contribution in [2.45, 2.75) is 44.3 Å². The van der Waals surface area contributed by atoms with E-state index in [-0.39, 0.29) is 0 Å². The average molecular weight is 406 g/mol. The molecule has 0 radical (unpaired) electrons. The van der Waals surface area contributed by atoms with Crippen LogP contribution in [0.25, 0.3) is 11.1 Å². The molecule has 1 aromatic carbocycles. The summed E-state index contributed by atoms with van der Waals surface area (Å²) in [5.74, 6) is 0.666. The zero-order valence-corrected chi connectivity index (χ0v) is 18.2. The second kappa shape index (κ2) is 8.96. The van der Waals surface area contributed by atoms with Gasteiger partial charge in [-0.05, 0) is 44.9 Å². The number of hydrogen-bond donors (Lipinski definition) is 1. The van der Waals surface area contributed by atoms with Gasteiger partial charge in [-0.2, -0.15) is 5.26 Å². The van der Waals surface area contributed by atoms with Crippen molar-refractivity contribution in [3.63, 3.8) is 0 Å². The summed E-state index contributed by atoms with van der Waals surface area (Å²) in [4.78, 5) is 1.07. The minimum atomic E-state index is -3.21. The third-order valence-corrected chi connectivity index (χ3v) is 7.55. The molecule has 5 nitrogen and oxygen atoms in total. The Kier molecular flexibility index (Phi) is 7.15. The Bertz CT molecular complexity index is 937. The molecule has 0 spiro atoms. The Hall–Kier alpha value is -1.75. The topological polar surface area (TPSA) is 74.9 Å². The van der Waals surface area contributed by atoms with Gasteiger partial charge in [-0.1, -0.05) is 19.1 Å². The van der Waals surface area contributed by atoms with Gasteiger partial charge < -0.3 is 4.57 Å². The summed E-state index contributed by atoms with van der Waals surface area (Å²) in [6.45, 7) is 7.84. The minimum Gasteiger partial charge on any atom is -0.350 e. The van der Waals surface area contributed by atoms with Crippen LogP contribution in [-0.4, -0.2) is 30.5 Å². The number of aromatic nitrogens is 1. The van der Waals surface area contributed by atoms with Crippen LogP contribution in [0.5, 0.6) is 0 Å². The fourth-order valence-corrected chi connectivity index (χ4v) is 4.61. The molecule has 2 aromatic rings. The molecule has 0 fully saturated rings. The van der Waals surface area contributed by atoms with Crippen LogP contribution < -0.4 is 4.72 Å². The van der Waals surface area contributed by atoms with Crippen LogP contribution >= 0.6 is 11.8 Å². The first kappa shape index (κ1) is 21.5. The fraction of sp³-hybridized carbons (Fsp3) is 0.450. The van der Waals surface area contributed by atoms with E-state index >= 15 is 0 Å². The molecule has 0 saturated carbocycles. The van der Waals surface area contributed by atoms with Gasteiger partial charge in [-0.15, -0.1) is 11.8 Å². The van der Waals surface area contributed by atoms with Crippen molar-refractivity contribution in [2.24, 2.45) is 7.05 Å². The first-order valence-corrected chi connectivity index (χ1v) is 11.6. The number of nitrogens with zero attached hydrogens (tertiary/aromatic N) is 2. The van der Waals surface area contributed by atoms with Gasteiger partial charge in [0.2, 0.25) is 10.0 Å². The van der Waals surface area contributed by atoms with Crippen LogP contribution in [0.1, 0.15) is 37.7 Å². The minimum absolute atomic E-state index is 0.406. The predicted octanol–water partition coefficient (Wildman–Crippen LogP) is 3.85. The molecule has 1 heterocycles. The highest BCUT2D eigenvalue weighted by Gasteiger charge is 2.18. The molecule has 0 amide bonds. The first-order valence-electron chi connectivity index (χ1n) is 9.02. The van der Waals surface area contributed by atoms with Crippen molar-refractivity contribution in [3.8, 4) is 17.2 Å². The number of nitriles is 1. The lowest BCUT2D eigenvalue weighted by atomic mass is 10.0. The van der Waals surface area contributed by atoms with Gasteiger partial charge in [0.15, 0.2) is 0 Å². The zero-order valence-electron chi connectivity index (χ0n) is 16.5. The monoisotopic (exact) mass is 405 g/mol. The van der Waals surface area contributed by atoms with Crippen LogP contribution in [0.3, 0.4) is 0 Å². The Morgan fingerprint density at radius 1 is 1.26 bits per heavy atom. The summed E-state index contributed by atoms with van der Waals surface area (Å²) >= 11 is 1.61. The van der Waals surface area contributed by atoms with E-state index < -0.39 is 15.3 Å². The molecular formula is C20H27N3O2S2. The van der Waals surface area contributed by atoms with E-state index in [0.717, 1.165) is 39.4 Å². The molecule has 27 heavy (non-hydrogen) atoms. The Morgan fingerprint density at radius 2 is 1.89 bits per heavy atom. The van der Waals surface area contributed by atoms with Crippen molar-refractivity contribution in [1.29, 1.82) is 5.26 Å². The van der Waals surface area contributed by atoms with Crippen molar-refractivity contribution in [1.82, 2.24) is 9.29 Å². The highest BCUT2D eigenvalue weighted by Crippen LogP contribution is 2.33. The number of nitrogens with one attached hydrogen (secondary N) is 1. The molecule has 2 rings (SSSR count). The molecule has 1 aromatic heterocycles. The van der Waals surface area contributed by atoms with Crippen LogP contribution in [-0.2, 0) is 23.5 Å². The zero-order chi connectivity index (χ0) is 20.2. The molecule has 7 heteroatoms. The van der Waals surface area contributed by atoms with Crippen LogP contribution in [0, 0.1) is 18.3 Å². The summed E-state index contributed by atoms with van der Waals surface area (Å²) in [5.41, 5.74) is 4.93. The maximum Gasteiger partial charge on any atom is 0.213 e. The smallest absolute Gasteiger partial charge is 0.213 e. The Morgan fingerprint density at radius 3 is 2.41 bits per heavy atom. The standard InChI is InChI=1S/C20H27N3O2S2/c1-6-19-18(13-21)20(15(4)23(19)5)16-7-9-17(10-8-16)26-12-11-22-27(24,25)14(2)3/h7-10,14,22H,6,11-12H2,1-5H3. The molecule has 0 saturated heterocycles. The van der Waals surface area contributed by atoms with Gasteiger partial charge in [-0.25, -0.2) is 13.1 Å². The fourth-order valence-electron chi connectivity index (χ4n) is 2.99. The predicted molar refractivity (Wildman–Crippen MR) is 112 cm³/mol. The quantitative estimate of drug-likeness (QED) is 0.535.